The number of hydrogen-bond acceptors (Lipinski definition) is 2. The van der Waals surface area contributed by atoms with Crippen LogP contribution in [-0.4, -0.2) is 11.7 Å². The molecule has 0 aromatic heterocycles. The third kappa shape index (κ3) is 3.46. The molecule has 28 heavy (non-hydrogen) atoms. The highest BCUT2D eigenvalue weighted by Gasteiger charge is 2.44. The molecule has 0 saturated heterocycles. The first kappa shape index (κ1) is 19.1. The van der Waals surface area contributed by atoms with Gasteiger partial charge in [0, 0.05) is 40.2 Å². The Bertz CT molecular complexity index is 988. The third-order valence-corrected chi connectivity index (χ3v) is 6.18. The number of nitrogens with zero attached hydrogens (tertiary/aromatic N) is 1. The highest BCUT2D eigenvalue weighted by molar-refractivity contribution is 9.10. The van der Waals surface area contributed by atoms with Crippen LogP contribution >= 0.6 is 15.9 Å². The Balaban J connectivity index is 1.89. The fourth-order valence-corrected chi connectivity index (χ4v) is 4.80. The number of aryl methyl sites for hydroxylation is 1. The van der Waals surface area contributed by atoms with E-state index in [4.69, 9.17) is 0 Å². The molecule has 144 valence electrons. The molecule has 1 atom stereocenters. The number of halogens is 1. The van der Waals surface area contributed by atoms with Crippen molar-refractivity contribution in [1.29, 1.82) is 0 Å². The fourth-order valence-electron chi connectivity index (χ4n) is 4.41. The molecule has 1 amide bonds. The summed E-state index contributed by atoms with van der Waals surface area (Å²) < 4.78 is 0.919. The van der Waals surface area contributed by atoms with Crippen LogP contribution in [0.2, 0.25) is 0 Å². The van der Waals surface area contributed by atoms with Gasteiger partial charge in [0.25, 0.3) is 0 Å². The number of rotatable bonds is 2. The topological polar surface area (TPSA) is 37.4 Å². The van der Waals surface area contributed by atoms with Crippen LogP contribution in [0.15, 0.2) is 64.3 Å². The van der Waals surface area contributed by atoms with Gasteiger partial charge in [-0.3, -0.25) is 14.5 Å². The van der Waals surface area contributed by atoms with E-state index in [1.807, 2.05) is 31.2 Å². The summed E-state index contributed by atoms with van der Waals surface area (Å²) in [5, 5.41) is 0. The summed E-state index contributed by atoms with van der Waals surface area (Å²) in [7, 11) is 0. The number of carbonyl (C=O) groups excluding carboxylic acids is 2. The largest absolute Gasteiger partial charge is 0.294 e. The summed E-state index contributed by atoms with van der Waals surface area (Å²) in [4.78, 5) is 28.3. The van der Waals surface area contributed by atoms with Crippen molar-refractivity contribution in [2.45, 2.75) is 46.0 Å². The number of Topliss-reactive ketones (excluding diaryl/α,β-unsaturated/α-hetero) is 1. The van der Waals surface area contributed by atoms with Crippen molar-refractivity contribution in [3.05, 3.63) is 75.4 Å². The van der Waals surface area contributed by atoms with Gasteiger partial charge in [0.15, 0.2) is 5.78 Å². The Morgan fingerprint density at radius 2 is 1.75 bits per heavy atom. The van der Waals surface area contributed by atoms with Crippen molar-refractivity contribution in [2.75, 3.05) is 4.90 Å². The molecule has 1 heterocycles. The monoisotopic (exact) mass is 437 g/mol. The maximum Gasteiger partial charge on any atom is 0.232 e. The number of allylic oxidation sites excluding steroid dienone is 2. The van der Waals surface area contributed by atoms with Crippen LogP contribution in [0.1, 0.15) is 50.2 Å². The number of hydrogen-bond donors (Lipinski definition) is 0. The summed E-state index contributed by atoms with van der Waals surface area (Å²) in [5.41, 5.74) is 4.58. The lowest BCUT2D eigenvalue weighted by atomic mass is 9.69. The Morgan fingerprint density at radius 1 is 1.04 bits per heavy atom. The Hall–Kier alpha value is -2.20. The highest BCUT2D eigenvalue weighted by atomic mass is 79.9. The number of amides is 1. The van der Waals surface area contributed by atoms with E-state index in [0.717, 1.165) is 27.0 Å². The second-order valence-corrected chi connectivity index (χ2v) is 9.59. The summed E-state index contributed by atoms with van der Waals surface area (Å²) >= 11 is 3.51. The van der Waals surface area contributed by atoms with E-state index in [-0.39, 0.29) is 23.0 Å². The zero-order valence-corrected chi connectivity index (χ0v) is 18.0. The Kier molecular flexibility index (Phi) is 4.78. The molecule has 3 nitrogen and oxygen atoms in total. The molecule has 4 rings (SSSR count). The van der Waals surface area contributed by atoms with E-state index in [2.05, 4.69) is 54.0 Å². The van der Waals surface area contributed by atoms with Gasteiger partial charge < -0.3 is 0 Å². The van der Waals surface area contributed by atoms with Crippen LogP contribution in [0.5, 0.6) is 0 Å². The number of carbonyl (C=O) groups is 2. The number of ketones is 1. The standard InChI is InChI=1S/C24H24BrNO2/c1-15-7-9-16(10-8-15)19-12-22(28)26(18-6-4-5-17(25)11-18)20-13-24(2,3)14-21(27)23(19)20/h4-11,19H,12-14H2,1-3H3. The fraction of sp³-hybridized carbons (Fsp3) is 0.333. The molecule has 1 aliphatic heterocycles. The van der Waals surface area contributed by atoms with E-state index < -0.39 is 0 Å². The lowest BCUT2D eigenvalue weighted by molar-refractivity contribution is -0.121. The van der Waals surface area contributed by atoms with Crippen LogP contribution < -0.4 is 4.90 Å². The summed E-state index contributed by atoms with van der Waals surface area (Å²) in [5.74, 6) is 0.0624. The van der Waals surface area contributed by atoms with Crippen LogP contribution in [-0.2, 0) is 9.59 Å². The zero-order chi connectivity index (χ0) is 20.1. The highest BCUT2D eigenvalue weighted by Crippen LogP contribution is 2.48. The first-order chi connectivity index (χ1) is 13.2. The van der Waals surface area contributed by atoms with Gasteiger partial charge in [0.05, 0.1) is 0 Å². The predicted molar refractivity (Wildman–Crippen MR) is 115 cm³/mol. The van der Waals surface area contributed by atoms with Crippen molar-refractivity contribution >= 4 is 33.3 Å². The SMILES string of the molecule is Cc1ccc(C2CC(=O)N(c3cccc(Br)c3)C3=C2C(=O)CC(C)(C)C3)cc1. The van der Waals surface area contributed by atoms with E-state index in [9.17, 15) is 9.59 Å². The second-order valence-electron chi connectivity index (χ2n) is 8.68. The van der Waals surface area contributed by atoms with E-state index >= 15 is 0 Å². The third-order valence-electron chi connectivity index (χ3n) is 5.69. The van der Waals surface area contributed by atoms with Crippen molar-refractivity contribution < 1.29 is 9.59 Å². The van der Waals surface area contributed by atoms with Crippen molar-refractivity contribution in [3.63, 3.8) is 0 Å². The lowest BCUT2D eigenvalue weighted by Crippen LogP contribution is -2.43. The molecule has 1 unspecified atom stereocenters. The minimum atomic E-state index is -0.157. The minimum absolute atomic E-state index is 0.0490. The lowest BCUT2D eigenvalue weighted by Gasteiger charge is -2.43. The maximum atomic E-state index is 13.3. The molecular weight excluding hydrogens is 414 g/mol. The van der Waals surface area contributed by atoms with Gasteiger partial charge in [-0.1, -0.05) is 65.7 Å². The van der Waals surface area contributed by atoms with Gasteiger partial charge in [-0.25, -0.2) is 0 Å². The minimum Gasteiger partial charge on any atom is -0.294 e. The number of anilines is 1. The van der Waals surface area contributed by atoms with Gasteiger partial charge in [-0.15, -0.1) is 0 Å². The first-order valence-electron chi connectivity index (χ1n) is 9.66. The summed E-state index contributed by atoms with van der Waals surface area (Å²) in [6.45, 7) is 6.26. The summed E-state index contributed by atoms with van der Waals surface area (Å²) in [6, 6.07) is 16.0. The molecule has 0 saturated carbocycles. The van der Waals surface area contributed by atoms with Crippen molar-refractivity contribution in [1.82, 2.24) is 0 Å². The zero-order valence-electron chi connectivity index (χ0n) is 16.5. The average Bonchev–Trinajstić information content (AvgIpc) is 2.60. The van der Waals surface area contributed by atoms with Crippen LogP contribution in [0.3, 0.4) is 0 Å². The Morgan fingerprint density at radius 3 is 2.43 bits per heavy atom. The molecule has 0 bridgehead atoms. The van der Waals surface area contributed by atoms with Crippen LogP contribution in [0.4, 0.5) is 5.69 Å². The van der Waals surface area contributed by atoms with Gasteiger partial charge >= 0.3 is 0 Å². The van der Waals surface area contributed by atoms with E-state index in [1.165, 1.54) is 5.56 Å². The molecule has 2 aromatic carbocycles. The first-order valence-corrected chi connectivity index (χ1v) is 10.5. The number of benzene rings is 2. The second kappa shape index (κ2) is 7.00. The molecule has 0 radical (unpaired) electrons. The normalized spacial score (nSPS) is 21.7. The van der Waals surface area contributed by atoms with E-state index in [0.29, 0.717) is 19.3 Å². The molecule has 0 fully saturated rings. The maximum absolute atomic E-state index is 13.3. The smallest absolute Gasteiger partial charge is 0.232 e. The van der Waals surface area contributed by atoms with Crippen LogP contribution in [0, 0.1) is 12.3 Å². The molecular formula is C24H24BrNO2. The molecule has 4 heteroatoms. The Labute approximate surface area is 174 Å². The van der Waals surface area contributed by atoms with Gasteiger partial charge in [0.1, 0.15) is 0 Å². The van der Waals surface area contributed by atoms with Crippen molar-refractivity contribution in [2.24, 2.45) is 5.41 Å². The quantitative estimate of drug-likeness (QED) is 0.584. The molecule has 2 aromatic rings. The molecule has 2 aliphatic rings. The van der Waals surface area contributed by atoms with Crippen molar-refractivity contribution in [3.8, 4) is 0 Å². The van der Waals surface area contributed by atoms with E-state index in [1.54, 1.807) is 4.90 Å². The molecule has 1 aliphatic carbocycles. The molecule has 0 spiro atoms. The summed E-state index contributed by atoms with van der Waals surface area (Å²) in [6.07, 6.45) is 1.56. The average molecular weight is 438 g/mol. The van der Waals surface area contributed by atoms with Crippen LogP contribution in [0.25, 0.3) is 0 Å². The van der Waals surface area contributed by atoms with Gasteiger partial charge in [-0.2, -0.15) is 0 Å². The predicted octanol–water partition coefficient (Wildman–Crippen LogP) is 5.92. The molecule has 0 N–H and O–H groups in total. The van der Waals surface area contributed by atoms with Gasteiger partial charge in [-0.05, 0) is 42.5 Å². The van der Waals surface area contributed by atoms with Gasteiger partial charge in [0.2, 0.25) is 5.91 Å².